The molecule has 8 nitrogen and oxygen atoms in total. The molecule has 4 rings (SSSR count). The number of nitrogens with zero attached hydrogens (tertiary/aromatic N) is 6. The summed E-state index contributed by atoms with van der Waals surface area (Å²) >= 11 is 0. The van der Waals surface area contributed by atoms with Crippen LogP contribution in [0.3, 0.4) is 0 Å². The molecule has 0 aliphatic carbocycles. The molecule has 1 amide bonds. The molecule has 0 spiro atoms. The molecule has 1 aliphatic rings. The number of halogens is 5. The van der Waals surface area contributed by atoms with Gasteiger partial charge in [-0.2, -0.15) is 23.4 Å². The van der Waals surface area contributed by atoms with E-state index >= 15 is 0 Å². The number of fused-ring (bicyclic) bond motifs is 3. The maximum absolute atomic E-state index is 13.5. The van der Waals surface area contributed by atoms with E-state index in [0.717, 1.165) is 11.8 Å². The first kappa shape index (κ1) is 26.9. The molecular formula is C21H26F5N7O. The van der Waals surface area contributed by atoms with Crippen molar-refractivity contribution in [2.45, 2.75) is 52.1 Å². The second kappa shape index (κ2) is 10.7. The lowest BCUT2D eigenvalue weighted by atomic mass is 9.88. The highest BCUT2D eigenvalue weighted by atomic mass is 19.4. The van der Waals surface area contributed by atoms with Gasteiger partial charge in [-0.3, -0.25) is 4.79 Å². The Hall–Kier alpha value is -3.38. The molecule has 0 saturated carbocycles. The third kappa shape index (κ3) is 5.07. The molecule has 0 aromatic carbocycles. The minimum absolute atomic E-state index is 0.0354. The number of aromatic nitrogens is 5. The molecule has 186 valence electrons. The Morgan fingerprint density at radius 3 is 2.44 bits per heavy atom. The normalized spacial score (nSPS) is 17.0. The van der Waals surface area contributed by atoms with Crippen LogP contribution in [0, 0.1) is 0 Å². The van der Waals surface area contributed by atoms with Gasteiger partial charge in [-0.15, -0.1) is 5.10 Å². The summed E-state index contributed by atoms with van der Waals surface area (Å²) in [6.45, 7) is 6.49. The van der Waals surface area contributed by atoms with Gasteiger partial charge in [-0.1, -0.05) is 20.8 Å². The maximum atomic E-state index is 13.5. The van der Waals surface area contributed by atoms with Crippen LogP contribution in [0.2, 0.25) is 0 Å². The van der Waals surface area contributed by atoms with Crippen LogP contribution in [0.5, 0.6) is 0 Å². The van der Waals surface area contributed by atoms with Gasteiger partial charge in [-0.05, 0) is 19.4 Å². The van der Waals surface area contributed by atoms with Gasteiger partial charge in [0.25, 0.3) is 6.43 Å². The van der Waals surface area contributed by atoms with Crippen molar-refractivity contribution in [3.8, 4) is 0 Å². The number of hydrogen-bond donors (Lipinski definition) is 1. The summed E-state index contributed by atoms with van der Waals surface area (Å²) in [6.07, 6.45) is -3.38. The van der Waals surface area contributed by atoms with Gasteiger partial charge in [0.2, 0.25) is 6.41 Å². The van der Waals surface area contributed by atoms with E-state index < -0.39 is 24.6 Å². The summed E-state index contributed by atoms with van der Waals surface area (Å²) in [5, 5.41) is 13.5. The number of nitrogens with one attached hydrogen (secondary N) is 1. The quantitative estimate of drug-likeness (QED) is 0.429. The van der Waals surface area contributed by atoms with Crippen LogP contribution in [-0.4, -0.2) is 51.0 Å². The molecule has 3 aromatic rings. The molecule has 1 atom stereocenters. The SMILES string of the molecule is CC.CCc1cc2ncc3c(n2n1)C(C)(C(F)(F)F)CN3C=O.CNc1cnnc(C(F)F)c1. The second-order valence-corrected chi connectivity index (χ2v) is 7.23. The highest BCUT2D eigenvalue weighted by Crippen LogP contribution is 2.49. The number of anilines is 2. The number of amides is 1. The van der Waals surface area contributed by atoms with E-state index in [-0.39, 0.29) is 17.1 Å². The van der Waals surface area contributed by atoms with Gasteiger partial charge >= 0.3 is 6.18 Å². The van der Waals surface area contributed by atoms with E-state index in [0.29, 0.717) is 29.9 Å². The second-order valence-electron chi connectivity index (χ2n) is 7.23. The first-order valence-corrected chi connectivity index (χ1v) is 10.5. The molecular weight excluding hydrogens is 461 g/mol. The molecule has 0 bridgehead atoms. The van der Waals surface area contributed by atoms with E-state index in [1.807, 2.05) is 20.8 Å². The van der Waals surface area contributed by atoms with Crippen molar-refractivity contribution in [2.24, 2.45) is 0 Å². The molecule has 1 unspecified atom stereocenters. The predicted molar refractivity (Wildman–Crippen MR) is 117 cm³/mol. The summed E-state index contributed by atoms with van der Waals surface area (Å²) in [7, 11) is 1.63. The van der Waals surface area contributed by atoms with E-state index in [2.05, 4.69) is 25.6 Å². The van der Waals surface area contributed by atoms with Crippen molar-refractivity contribution in [3.05, 3.63) is 41.6 Å². The molecule has 1 N–H and O–H groups in total. The Bertz CT molecular complexity index is 1120. The van der Waals surface area contributed by atoms with Gasteiger partial charge in [0.15, 0.2) is 5.65 Å². The number of rotatable bonds is 4. The minimum atomic E-state index is -4.49. The monoisotopic (exact) mass is 487 g/mol. The lowest BCUT2D eigenvalue weighted by Gasteiger charge is -2.27. The standard InChI is InChI=1S/C13H13F3N4O.C6H7F2N3.C2H6/c1-3-8-4-10-17-5-9-11(20(10)18-8)12(2,13(14,15)16)6-19(9)7-21;1-9-4-2-5(6(7)8)11-10-3-4;1-2/h4-5,7H,3,6H2,1-2H3;2-3,6H,1H3,(H,9,11);1-2H3. The zero-order valence-corrected chi connectivity index (χ0v) is 19.4. The van der Waals surface area contributed by atoms with Crippen LogP contribution >= 0.6 is 0 Å². The topological polar surface area (TPSA) is 88.3 Å². The fraction of sp³-hybridized carbons (Fsp3) is 0.476. The molecule has 0 fully saturated rings. The molecule has 34 heavy (non-hydrogen) atoms. The van der Waals surface area contributed by atoms with E-state index in [9.17, 15) is 26.7 Å². The smallest absolute Gasteiger partial charge is 0.387 e. The predicted octanol–water partition coefficient (Wildman–Crippen LogP) is 4.57. The van der Waals surface area contributed by atoms with E-state index in [1.165, 1.54) is 23.0 Å². The largest absolute Gasteiger partial charge is 0.401 e. The summed E-state index contributed by atoms with van der Waals surface area (Å²) < 4.78 is 65.8. The minimum Gasteiger partial charge on any atom is -0.387 e. The summed E-state index contributed by atoms with van der Waals surface area (Å²) in [4.78, 5) is 16.2. The molecule has 0 saturated heterocycles. The van der Waals surface area contributed by atoms with E-state index in [1.54, 1.807) is 13.1 Å². The van der Waals surface area contributed by atoms with Gasteiger partial charge in [0.1, 0.15) is 11.1 Å². The summed E-state index contributed by atoms with van der Waals surface area (Å²) in [6, 6.07) is 2.91. The molecule has 3 aromatic heterocycles. The van der Waals surface area contributed by atoms with Crippen molar-refractivity contribution in [3.63, 3.8) is 0 Å². The fourth-order valence-electron chi connectivity index (χ4n) is 3.32. The summed E-state index contributed by atoms with van der Waals surface area (Å²) in [5.41, 5.74) is -0.803. The number of alkyl halides is 5. The first-order valence-electron chi connectivity index (χ1n) is 10.5. The highest BCUT2D eigenvalue weighted by Gasteiger charge is 2.59. The summed E-state index contributed by atoms with van der Waals surface area (Å²) in [5.74, 6) is 0. The van der Waals surface area contributed by atoms with Crippen molar-refractivity contribution in [1.82, 2.24) is 24.8 Å². The van der Waals surface area contributed by atoms with Gasteiger partial charge < -0.3 is 10.2 Å². The molecule has 4 heterocycles. The Kier molecular flexibility index (Phi) is 8.46. The molecule has 1 aliphatic heterocycles. The van der Waals surface area contributed by atoms with Crippen molar-refractivity contribution in [2.75, 3.05) is 23.8 Å². The average molecular weight is 487 g/mol. The zero-order chi connectivity index (χ0) is 25.7. The number of hydrogen-bond acceptors (Lipinski definition) is 6. The van der Waals surface area contributed by atoms with Crippen molar-refractivity contribution < 1.29 is 26.7 Å². The number of carbonyl (C=O) groups is 1. The highest BCUT2D eigenvalue weighted by molar-refractivity contribution is 5.81. The Labute approximate surface area is 193 Å². The van der Waals surface area contributed by atoms with Crippen LogP contribution in [0.15, 0.2) is 24.5 Å². The van der Waals surface area contributed by atoms with Gasteiger partial charge in [0.05, 0.1) is 35.2 Å². The Morgan fingerprint density at radius 2 is 1.91 bits per heavy atom. The first-order chi connectivity index (χ1) is 16.1. The van der Waals surface area contributed by atoms with E-state index in [4.69, 9.17) is 0 Å². The van der Waals surface area contributed by atoms with Crippen LogP contribution in [-0.2, 0) is 16.6 Å². The van der Waals surface area contributed by atoms with Gasteiger partial charge in [0, 0.05) is 19.7 Å². The third-order valence-electron chi connectivity index (χ3n) is 5.13. The molecule has 0 radical (unpaired) electrons. The fourth-order valence-corrected chi connectivity index (χ4v) is 3.32. The lowest BCUT2D eigenvalue weighted by molar-refractivity contribution is -0.181. The number of carbonyl (C=O) groups excluding carboxylic acids is 1. The van der Waals surface area contributed by atoms with Crippen molar-refractivity contribution in [1.29, 1.82) is 0 Å². The lowest BCUT2D eigenvalue weighted by Crippen LogP contribution is -2.44. The number of aryl methyl sites for hydroxylation is 1. The van der Waals surface area contributed by atoms with Crippen molar-refractivity contribution >= 4 is 23.4 Å². The van der Waals surface area contributed by atoms with Crippen LogP contribution in [0.25, 0.3) is 5.65 Å². The van der Waals surface area contributed by atoms with Crippen LogP contribution < -0.4 is 10.2 Å². The third-order valence-corrected chi connectivity index (χ3v) is 5.13. The Balaban J connectivity index is 0.000000266. The Morgan fingerprint density at radius 1 is 1.24 bits per heavy atom. The average Bonchev–Trinajstić information content (AvgIpc) is 3.39. The maximum Gasteiger partial charge on any atom is 0.401 e. The van der Waals surface area contributed by atoms with Crippen LogP contribution in [0.4, 0.5) is 33.3 Å². The zero-order valence-electron chi connectivity index (χ0n) is 19.4. The van der Waals surface area contributed by atoms with Gasteiger partial charge in [-0.25, -0.2) is 18.3 Å². The van der Waals surface area contributed by atoms with Crippen LogP contribution in [0.1, 0.15) is 51.2 Å². The molecule has 13 heteroatoms.